The highest BCUT2D eigenvalue weighted by Gasteiger charge is 2.31. The number of nitrogens with zero attached hydrogens (tertiary/aromatic N) is 2. The van der Waals surface area contributed by atoms with E-state index in [2.05, 4.69) is 10.4 Å². The molecule has 6 nitrogen and oxygen atoms in total. The third kappa shape index (κ3) is 3.06. The van der Waals surface area contributed by atoms with Gasteiger partial charge in [0.25, 0.3) is 0 Å². The van der Waals surface area contributed by atoms with Crippen LogP contribution in [0.4, 0.5) is 0 Å². The van der Waals surface area contributed by atoms with E-state index >= 15 is 0 Å². The standard InChI is InChI=1S/C22H18ClN3O3/c1-12-3-5-14(6-4-12)18-9-19(26(25-18)13(2)27)16-7-15-8-20-21(29-11-28-20)10-17(15)24-22(16)23/h3-10,19,25H,11H2,1-2H3/t19-/m1/s1. The van der Waals surface area contributed by atoms with Crippen molar-refractivity contribution in [3.63, 3.8) is 0 Å². The van der Waals surface area contributed by atoms with Crippen LogP contribution in [-0.4, -0.2) is 22.7 Å². The maximum Gasteiger partial charge on any atom is 0.238 e. The fourth-order valence-electron chi connectivity index (χ4n) is 3.63. The van der Waals surface area contributed by atoms with Crippen LogP contribution < -0.4 is 14.9 Å². The van der Waals surface area contributed by atoms with Crippen molar-refractivity contribution in [2.75, 3.05) is 6.79 Å². The molecule has 1 atom stereocenters. The van der Waals surface area contributed by atoms with Crippen molar-refractivity contribution in [2.24, 2.45) is 0 Å². The number of pyridine rings is 1. The lowest BCUT2D eigenvalue weighted by Crippen LogP contribution is -2.38. The number of halogens is 1. The lowest BCUT2D eigenvalue weighted by Gasteiger charge is -2.24. The number of hydrogen-bond donors (Lipinski definition) is 1. The summed E-state index contributed by atoms with van der Waals surface area (Å²) < 4.78 is 10.9. The zero-order valence-electron chi connectivity index (χ0n) is 15.9. The molecule has 0 aliphatic carbocycles. The molecule has 29 heavy (non-hydrogen) atoms. The summed E-state index contributed by atoms with van der Waals surface area (Å²) >= 11 is 6.54. The predicted molar refractivity (Wildman–Crippen MR) is 110 cm³/mol. The van der Waals surface area contributed by atoms with E-state index in [1.807, 2.05) is 55.5 Å². The first-order valence-corrected chi connectivity index (χ1v) is 9.62. The Morgan fingerprint density at radius 1 is 1.17 bits per heavy atom. The van der Waals surface area contributed by atoms with E-state index in [4.69, 9.17) is 21.1 Å². The molecular weight excluding hydrogens is 390 g/mol. The second kappa shape index (κ2) is 6.67. The number of aromatic nitrogens is 1. The number of rotatable bonds is 2. The van der Waals surface area contributed by atoms with Crippen LogP contribution in [0.3, 0.4) is 0 Å². The Balaban J connectivity index is 1.60. The van der Waals surface area contributed by atoms with Gasteiger partial charge in [-0.25, -0.2) is 9.99 Å². The Morgan fingerprint density at radius 3 is 2.62 bits per heavy atom. The van der Waals surface area contributed by atoms with Crippen molar-refractivity contribution >= 4 is 34.1 Å². The van der Waals surface area contributed by atoms with E-state index in [0.29, 0.717) is 22.2 Å². The number of hydrogen-bond acceptors (Lipinski definition) is 5. The Kier molecular flexibility index (Phi) is 4.10. The first-order valence-electron chi connectivity index (χ1n) is 9.25. The summed E-state index contributed by atoms with van der Waals surface area (Å²) in [5.41, 5.74) is 7.68. The molecule has 0 bridgehead atoms. The molecule has 0 spiro atoms. The van der Waals surface area contributed by atoms with Crippen molar-refractivity contribution in [2.45, 2.75) is 19.9 Å². The van der Waals surface area contributed by atoms with Crippen LogP contribution in [0.5, 0.6) is 11.5 Å². The van der Waals surface area contributed by atoms with E-state index in [0.717, 1.165) is 22.2 Å². The summed E-state index contributed by atoms with van der Waals surface area (Å²) in [6.07, 6.45) is 1.99. The van der Waals surface area contributed by atoms with Crippen molar-refractivity contribution in [1.82, 2.24) is 15.4 Å². The molecule has 0 unspecified atom stereocenters. The molecule has 7 heteroatoms. The Morgan fingerprint density at radius 2 is 1.90 bits per heavy atom. The number of nitrogens with one attached hydrogen (secondary N) is 1. The summed E-state index contributed by atoms with van der Waals surface area (Å²) in [5, 5.41) is 2.78. The van der Waals surface area contributed by atoms with Crippen LogP contribution in [0.2, 0.25) is 5.15 Å². The molecule has 3 aromatic rings. The van der Waals surface area contributed by atoms with Gasteiger partial charge < -0.3 is 9.47 Å². The highest BCUT2D eigenvalue weighted by molar-refractivity contribution is 6.30. The van der Waals surface area contributed by atoms with E-state index in [1.54, 1.807) is 5.01 Å². The molecule has 0 saturated carbocycles. The number of hydrazine groups is 1. The van der Waals surface area contributed by atoms with Crippen molar-refractivity contribution in [3.05, 3.63) is 70.4 Å². The second-order valence-electron chi connectivity index (χ2n) is 7.16. The van der Waals surface area contributed by atoms with Crippen LogP contribution in [0.15, 0.2) is 48.5 Å². The minimum atomic E-state index is -0.376. The van der Waals surface area contributed by atoms with Gasteiger partial charge in [0, 0.05) is 23.9 Å². The average molecular weight is 408 g/mol. The molecule has 1 aromatic heterocycles. The first-order chi connectivity index (χ1) is 14.0. The largest absolute Gasteiger partial charge is 0.454 e. The molecule has 0 fully saturated rings. The molecule has 1 N–H and O–H groups in total. The van der Waals surface area contributed by atoms with Crippen LogP contribution in [0.25, 0.3) is 16.6 Å². The van der Waals surface area contributed by atoms with Gasteiger partial charge in [-0.05, 0) is 30.7 Å². The summed E-state index contributed by atoms with van der Waals surface area (Å²) in [4.78, 5) is 16.9. The van der Waals surface area contributed by atoms with E-state index in [9.17, 15) is 4.79 Å². The molecule has 0 saturated heterocycles. The molecular formula is C22H18ClN3O3. The van der Waals surface area contributed by atoms with Gasteiger partial charge in [-0.15, -0.1) is 0 Å². The van der Waals surface area contributed by atoms with Crippen LogP contribution >= 0.6 is 11.6 Å². The Bertz CT molecular complexity index is 1170. The van der Waals surface area contributed by atoms with Crippen molar-refractivity contribution in [1.29, 1.82) is 0 Å². The number of aryl methyl sites for hydroxylation is 1. The highest BCUT2D eigenvalue weighted by Crippen LogP contribution is 2.39. The van der Waals surface area contributed by atoms with Gasteiger partial charge >= 0.3 is 0 Å². The molecule has 3 heterocycles. The predicted octanol–water partition coefficient (Wildman–Crippen LogP) is 4.37. The first kappa shape index (κ1) is 17.8. The normalized spacial score (nSPS) is 17.4. The van der Waals surface area contributed by atoms with Gasteiger partial charge in [0.15, 0.2) is 11.5 Å². The summed E-state index contributed by atoms with van der Waals surface area (Å²) in [6, 6.07) is 13.4. The molecule has 0 radical (unpaired) electrons. The zero-order chi connectivity index (χ0) is 20.1. The highest BCUT2D eigenvalue weighted by atomic mass is 35.5. The summed E-state index contributed by atoms with van der Waals surface area (Å²) in [5.74, 6) is 1.22. The number of carbonyl (C=O) groups excluding carboxylic acids is 1. The Labute approximate surface area is 172 Å². The number of amides is 1. The fourth-order valence-corrected chi connectivity index (χ4v) is 3.89. The third-order valence-corrected chi connectivity index (χ3v) is 5.46. The number of fused-ring (bicyclic) bond motifs is 2. The van der Waals surface area contributed by atoms with Crippen molar-refractivity contribution in [3.8, 4) is 11.5 Å². The van der Waals surface area contributed by atoms with E-state index < -0.39 is 0 Å². The lowest BCUT2D eigenvalue weighted by atomic mass is 10.0. The molecule has 146 valence electrons. The van der Waals surface area contributed by atoms with E-state index in [1.165, 1.54) is 12.5 Å². The summed E-state index contributed by atoms with van der Waals surface area (Å²) in [6.45, 7) is 3.75. The van der Waals surface area contributed by atoms with E-state index in [-0.39, 0.29) is 18.7 Å². The van der Waals surface area contributed by atoms with Gasteiger partial charge in [0.05, 0.1) is 11.2 Å². The smallest absolute Gasteiger partial charge is 0.238 e. The number of carbonyl (C=O) groups is 1. The molecule has 2 aromatic carbocycles. The molecule has 1 amide bonds. The molecule has 2 aliphatic rings. The van der Waals surface area contributed by atoms with Crippen LogP contribution in [0, 0.1) is 6.92 Å². The maximum absolute atomic E-state index is 12.3. The minimum absolute atomic E-state index is 0.116. The maximum atomic E-state index is 12.3. The van der Waals surface area contributed by atoms with Gasteiger partial charge in [-0.3, -0.25) is 10.2 Å². The van der Waals surface area contributed by atoms with Gasteiger partial charge in [0.2, 0.25) is 12.7 Å². The average Bonchev–Trinajstić information content (AvgIpc) is 3.33. The topological polar surface area (TPSA) is 63.7 Å². The fraction of sp³-hybridized carbons (Fsp3) is 0.182. The van der Waals surface area contributed by atoms with Crippen molar-refractivity contribution < 1.29 is 14.3 Å². The molecule has 5 rings (SSSR count). The zero-order valence-corrected chi connectivity index (χ0v) is 16.7. The van der Waals surface area contributed by atoms with Gasteiger partial charge in [-0.2, -0.15) is 0 Å². The number of ether oxygens (including phenoxy) is 2. The second-order valence-corrected chi connectivity index (χ2v) is 7.52. The van der Waals surface area contributed by atoms with Crippen LogP contribution in [-0.2, 0) is 4.79 Å². The number of benzene rings is 2. The minimum Gasteiger partial charge on any atom is -0.454 e. The quantitative estimate of drug-likeness (QED) is 0.639. The molecule has 2 aliphatic heterocycles. The van der Waals surface area contributed by atoms with Gasteiger partial charge in [-0.1, -0.05) is 41.4 Å². The third-order valence-electron chi connectivity index (χ3n) is 5.15. The SMILES string of the molecule is CC(=O)N1NC(c2ccc(C)cc2)=C[C@@H]1c1cc2cc3c(cc2nc1Cl)OCO3. The van der Waals surface area contributed by atoms with Gasteiger partial charge in [0.1, 0.15) is 11.2 Å². The monoisotopic (exact) mass is 407 g/mol. The lowest BCUT2D eigenvalue weighted by molar-refractivity contribution is -0.132. The Hall–Kier alpha value is -3.25. The van der Waals surface area contributed by atoms with Crippen LogP contribution in [0.1, 0.15) is 29.7 Å². The summed E-state index contributed by atoms with van der Waals surface area (Å²) in [7, 11) is 0.